The monoisotopic (exact) mass is 371 g/mol. The molecule has 0 spiro atoms. The maximum absolute atomic E-state index is 13.3. The Morgan fingerprint density at radius 3 is 2.65 bits per heavy atom. The standard InChI is InChI=1S/C20H19ClFN3O/c21-17-10-15(6-7-18(17)22)11-24-9-8-19-16(13-24)20(26)25(23-19)12-14-4-2-1-3-5-14/h1-7,10,23H,8-9,11-13H2. The van der Waals surface area contributed by atoms with Gasteiger partial charge in [-0.15, -0.1) is 0 Å². The number of aromatic nitrogens is 2. The Bertz CT molecular complexity index is 980. The molecular weight excluding hydrogens is 353 g/mol. The number of nitrogens with one attached hydrogen (secondary N) is 1. The maximum Gasteiger partial charge on any atom is 0.271 e. The second-order valence-corrected chi connectivity index (χ2v) is 7.06. The van der Waals surface area contributed by atoms with Gasteiger partial charge in [0, 0.05) is 31.7 Å². The van der Waals surface area contributed by atoms with E-state index in [2.05, 4.69) is 10.00 Å². The zero-order valence-corrected chi connectivity index (χ0v) is 15.0. The Morgan fingerprint density at radius 1 is 1.08 bits per heavy atom. The van der Waals surface area contributed by atoms with E-state index in [0.717, 1.165) is 35.3 Å². The van der Waals surface area contributed by atoms with Gasteiger partial charge in [-0.3, -0.25) is 14.8 Å². The maximum atomic E-state index is 13.3. The molecule has 134 valence electrons. The molecule has 2 aromatic carbocycles. The van der Waals surface area contributed by atoms with Gasteiger partial charge >= 0.3 is 0 Å². The van der Waals surface area contributed by atoms with E-state index in [9.17, 15) is 9.18 Å². The minimum absolute atomic E-state index is 0.0330. The van der Waals surface area contributed by atoms with E-state index in [1.807, 2.05) is 30.3 Å². The summed E-state index contributed by atoms with van der Waals surface area (Å²) in [6.07, 6.45) is 0.793. The second kappa shape index (κ2) is 7.09. The van der Waals surface area contributed by atoms with Crippen molar-refractivity contribution in [1.29, 1.82) is 0 Å². The van der Waals surface area contributed by atoms with Crippen molar-refractivity contribution < 1.29 is 4.39 Å². The van der Waals surface area contributed by atoms with Gasteiger partial charge in [-0.2, -0.15) is 0 Å². The molecule has 0 saturated heterocycles. The number of aromatic amines is 1. The summed E-state index contributed by atoms with van der Waals surface area (Å²) in [5, 5.41) is 3.39. The summed E-state index contributed by atoms with van der Waals surface area (Å²) in [4.78, 5) is 14.9. The Balaban J connectivity index is 1.51. The highest BCUT2D eigenvalue weighted by atomic mass is 35.5. The number of halogens is 2. The van der Waals surface area contributed by atoms with Crippen LogP contribution in [0.1, 0.15) is 22.4 Å². The van der Waals surface area contributed by atoms with Crippen molar-refractivity contribution in [3.63, 3.8) is 0 Å². The molecule has 0 aliphatic carbocycles. The fourth-order valence-corrected chi connectivity index (χ4v) is 3.63. The first-order valence-electron chi connectivity index (χ1n) is 8.61. The molecule has 1 N–H and O–H groups in total. The quantitative estimate of drug-likeness (QED) is 0.761. The van der Waals surface area contributed by atoms with Gasteiger partial charge in [0.2, 0.25) is 0 Å². The van der Waals surface area contributed by atoms with E-state index in [1.54, 1.807) is 16.8 Å². The third-order valence-electron chi connectivity index (χ3n) is 4.77. The largest absolute Gasteiger partial charge is 0.299 e. The summed E-state index contributed by atoms with van der Waals surface area (Å²) < 4.78 is 15.0. The molecular formula is C20H19ClFN3O. The fourth-order valence-electron chi connectivity index (χ4n) is 3.42. The normalized spacial score (nSPS) is 14.4. The van der Waals surface area contributed by atoms with Crippen molar-refractivity contribution in [1.82, 2.24) is 14.7 Å². The first kappa shape index (κ1) is 17.1. The lowest BCUT2D eigenvalue weighted by Gasteiger charge is -2.25. The molecule has 3 aromatic rings. The highest BCUT2D eigenvalue weighted by Gasteiger charge is 2.22. The van der Waals surface area contributed by atoms with E-state index in [0.29, 0.717) is 19.6 Å². The van der Waals surface area contributed by atoms with Crippen LogP contribution < -0.4 is 5.56 Å². The van der Waals surface area contributed by atoms with Crippen LogP contribution in [0.5, 0.6) is 0 Å². The van der Waals surface area contributed by atoms with Gasteiger partial charge in [0.05, 0.1) is 17.1 Å². The summed E-state index contributed by atoms with van der Waals surface area (Å²) in [6.45, 7) is 2.61. The Kier molecular flexibility index (Phi) is 4.66. The van der Waals surface area contributed by atoms with Crippen molar-refractivity contribution in [3.8, 4) is 0 Å². The number of hydrogen-bond acceptors (Lipinski definition) is 2. The van der Waals surface area contributed by atoms with Crippen LogP contribution in [0, 0.1) is 5.82 Å². The van der Waals surface area contributed by atoms with E-state index in [1.165, 1.54) is 6.07 Å². The van der Waals surface area contributed by atoms with Crippen molar-refractivity contribution >= 4 is 11.6 Å². The zero-order valence-electron chi connectivity index (χ0n) is 14.2. The molecule has 0 atom stereocenters. The van der Waals surface area contributed by atoms with E-state index >= 15 is 0 Å². The number of hydrogen-bond donors (Lipinski definition) is 1. The number of fused-ring (bicyclic) bond motifs is 1. The molecule has 6 heteroatoms. The smallest absolute Gasteiger partial charge is 0.271 e. The molecule has 26 heavy (non-hydrogen) atoms. The van der Waals surface area contributed by atoms with Gasteiger partial charge in [-0.05, 0) is 23.3 Å². The Labute approximate surface area is 155 Å². The van der Waals surface area contributed by atoms with E-state index < -0.39 is 5.82 Å². The van der Waals surface area contributed by atoms with Crippen LogP contribution in [0.2, 0.25) is 5.02 Å². The fraction of sp³-hybridized carbons (Fsp3) is 0.250. The molecule has 1 aliphatic rings. The van der Waals surface area contributed by atoms with Gasteiger partial charge in [0.1, 0.15) is 5.82 Å². The SMILES string of the molecule is O=c1c2c([nH]n1Cc1ccccc1)CCN(Cc1ccc(F)c(Cl)c1)C2. The molecule has 0 bridgehead atoms. The second-order valence-electron chi connectivity index (χ2n) is 6.65. The molecule has 1 aliphatic heterocycles. The zero-order chi connectivity index (χ0) is 18.1. The van der Waals surface area contributed by atoms with Crippen LogP contribution in [0.4, 0.5) is 4.39 Å². The summed E-state index contributed by atoms with van der Waals surface area (Å²) in [5.41, 5.74) is 3.90. The summed E-state index contributed by atoms with van der Waals surface area (Å²) in [6, 6.07) is 14.7. The molecule has 0 amide bonds. The van der Waals surface area contributed by atoms with Crippen molar-refractivity contribution in [2.24, 2.45) is 0 Å². The van der Waals surface area contributed by atoms with E-state index in [-0.39, 0.29) is 10.6 Å². The highest BCUT2D eigenvalue weighted by molar-refractivity contribution is 6.30. The lowest BCUT2D eigenvalue weighted by Crippen LogP contribution is -2.32. The average Bonchev–Trinajstić information content (AvgIpc) is 2.95. The van der Waals surface area contributed by atoms with Crippen molar-refractivity contribution in [2.75, 3.05) is 6.54 Å². The Morgan fingerprint density at radius 2 is 1.88 bits per heavy atom. The first-order chi connectivity index (χ1) is 12.6. The van der Waals surface area contributed by atoms with E-state index in [4.69, 9.17) is 11.6 Å². The van der Waals surface area contributed by atoms with Gasteiger partial charge in [0.15, 0.2) is 0 Å². The topological polar surface area (TPSA) is 41.0 Å². The minimum Gasteiger partial charge on any atom is -0.299 e. The highest BCUT2D eigenvalue weighted by Crippen LogP contribution is 2.20. The number of H-pyrrole nitrogens is 1. The van der Waals surface area contributed by atoms with Gasteiger partial charge in [-0.25, -0.2) is 9.07 Å². The molecule has 2 heterocycles. The third-order valence-corrected chi connectivity index (χ3v) is 5.06. The van der Waals surface area contributed by atoms with Crippen LogP contribution in [-0.4, -0.2) is 21.2 Å². The van der Waals surface area contributed by atoms with Crippen LogP contribution in [0.25, 0.3) is 0 Å². The van der Waals surface area contributed by atoms with Crippen LogP contribution >= 0.6 is 11.6 Å². The lowest BCUT2D eigenvalue weighted by molar-refractivity contribution is 0.244. The van der Waals surface area contributed by atoms with Gasteiger partial charge < -0.3 is 0 Å². The van der Waals surface area contributed by atoms with Crippen LogP contribution in [-0.2, 0) is 26.1 Å². The minimum atomic E-state index is -0.411. The molecule has 4 nitrogen and oxygen atoms in total. The number of benzene rings is 2. The molecule has 0 unspecified atom stereocenters. The number of rotatable bonds is 4. The van der Waals surface area contributed by atoms with Crippen LogP contribution in [0.3, 0.4) is 0 Å². The molecule has 0 fully saturated rings. The predicted molar refractivity (Wildman–Crippen MR) is 99.8 cm³/mol. The summed E-state index contributed by atoms with van der Waals surface area (Å²) in [5.74, 6) is -0.411. The van der Waals surface area contributed by atoms with Gasteiger partial charge in [0.25, 0.3) is 5.56 Å². The lowest BCUT2D eigenvalue weighted by atomic mass is 10.1. The van der Waals surface area contributed by atoms with Crippen molar-refractivity contribution in [3.05, 3.63) is 92.1 Å². The van der Waals surface area contributed by atoms with Gasteiger partial charge in [-0.1, -0.05) is 48.0 Å². The van der Waals surface area contributed by atoms with Crippen LogP contribution in [0.15, 0.2) is 53.3 Å². The first-order valence-corrected chi connectivity index (χ1v) is 8.99. The molecule has 1 aromatic heterocycles. The Hall–Kier alpha value is -2.37. The summed E-state index contributed by atoms with van der Waals surface area (Å²) >= 11 is 5.87. The molecule has 0 saturated carbocycles. The number of nitrogens with zero attached hydrogens (tertiary/aromatic N) is 2. The third kappa shape index (κ3) is 3.45. The molecule has 0 radical (unpaired) electrons. The molecule has 4 rings (SSSR count). The average molecular weight is 372 g/mol. The predicted octanol–water partition coefficient (Wildman–Crippen LogP) is 3.58. The summed E-state index contributed by atoms with van der Waals surface area (Å²) in [7, 11) is 0. The van der Waals surface area contributed by atoms with Crippen molar-refractivity contribution in [2.45, 2.75) is 26.1 Å².